The van der Waals surface area contributed by atoms with E-state index in [4.69, 9.17) is 14.2 Å². The fourth-order valence-electron chi connectivity index (χ4n) is 6.83. The van der Waals surface area contributed by atoms with Gasteiger partial charge in [-0.05, 0) is 109 Å². The molecule has 0 amide bonds. The van der Waals surface area contributed by atoms with Crippen molar-refractivity contribution in [3.63, 3.8) is 0 Å². The Kier molecular flexibility index (Phi) is 52.1. The number of esters is 3. The summed E-state index contributed by atoms with van der Waals surface area (Å²) in [5, 5.41) is 0. The number of carbonyl (C=O) groups is 3. The van der Waals surface area contributed by atoms with Crippen LogP contribution in [-0.2, 0) is 28.6 Å². The summed E-state index contributed by atoms with van der Waals surface area (Å²) in [5.41, 5.74) is 0. The zero-order valence-electron chi connectivity index (χ0n) is 44.0. The molecule has 1 unspecified atom stereocenters. The van der Waals surface area contributed by atoms with Gasteiger partial charge in [-0.15, -0.1) is 0 Å². The molecular weight excluding hydrogens is 853 g/mol. The third-order valence-corrected chi connectivity index (χ3v) is 10.9. The van der Waals surface area contributed by atoms with Crippen LogP contribution in [0.5, 0.6) is 0 Å². The lowest BCUT2D eigenvalue weighted by molar-refractivity contribution is -0.167. The molecule has 0 saturated carbocycles. The highest BCUT2D eigenvalue weighted by Crippen LogP contribution is 2.12. The summed E-state index contributed by atoms with van der Waals surface area (Å²) >= 11 is 0. The lowest BCUT2D eigenvalue weighted by Gasteiger charge is -2.18. The quantitative estimate of drug-likeness (QED) is 0.0199. The number of hydrogen-bond donors (Lipinski definition) is 0. The van der Waals surface area contributed by atoms with Crippen LogP contribution < -0.4 is 0 Å². The molecule has 69 heavy (non-hydrogen) atoms. The van der Waals surface area contributed by atoms with E-state index in [0.29, 0.717) is 19.3 Å². The van der Waals surface area contributed by atoms with Crippen LogP contribution in [0, 0.1) is 0 Å². The average Bonchev–Trinajstić information content (AvgIpc) is 3.35. The zero-order valence-corrected chi connectivity index (χ0v) is 44.0. The number of unbranched alkanes of at least 4 members (excludes halogenated alkanes) is 16. The van der Waals surface area contributed by atoms with Crippen molar-refractivity contribution in [2.45, 2.75) is 219 Å². The van der Waals surface area contributed by atoms with E-state index in [1.165, 1.54) is 51.4 Å². The van der Waals surface area contributed by atoms with E-state index >= 15 is 0 Å². The number of carbonyl (C=O) groups excluding carboxylic acids is 3. The Hall–Kier alpha value is -4.71. The standard InChI is InChI=1S/C63H98O6/c1-4-7-10-13-16-19-22-25-28-31-33-35-38-41-44-47-50-53-56-62(65)68-59-60(58-67-61(64)55-52-49-46-43-40-37-34-30-27-24-21-18-15-12-9-6-3)69-63(66)57-54-51-48-45-42-39-36-32-29-26-23-20-17-14-11-8-5-2/h9-10,12-13,16,18-19,21-22,25-31,33,35-37,39-40,45,48,60H,4-8,11,14-15,17,20,23-24,32,34,38,41-44,46-47,49-59H2,1-3H3/b12-9-,13-10-,19-16-,21-18-,25-22-,29-26-,30-27-,31-28-,35-33-,39-36-,40-37-,48-45-. The van der Waals surface area contributed by atoms with Gasteiger partial charge in [0.25, 0.3) is 0 Å². The van der Waals surface area contributed by atoms with Crippen LogP contribution in [-0.4, -0.2) is 37.2 Å². The first-order valence-corrected chi connectivity index (χ1v) is 27.4. The first kappa shape index (κ1) is 64.3. The van der Waals surface area contributed by atoms with Crippen molar-refractivity contribution in [1.29, 1.82) is 0 Å². The van der Waals surface area contributed by atoms with Crippen molar-refractivity contribution >= 4 is 17.9 Å². The normalized spacial score (nSPS) is 13.3. The predicted octanol–water partition coefficient (Wildman–Crippen LogP) is 18.4. The Bertz CT molecular complexity index is 1560. The van der Waals surface area contributed by atoms with E-state index in [9.17, 15) is 14.4 Å². The second kappa shape index (κ2) is 55.9. The minimum absolute atomic E-state index is 0.128. The Balaban J connectivity index is 4.61. The molecule has 0 aromatic carbocycles. The third kappa shape index (κ3) is 54.1. The third-order valence-electron chi connectivity index (χ3n) is 10.9. The molecule has 386 valence electrons. The highest BCUT2D eigenvalue weighted by molar-refractivity contribution is 5.71. The summed E-state index contributed by atoms with van der Waals surface area (Å²) < 4.78 is 16.7. The van der Waals surface area contributed by atoms with Gasteiger partial charge in [0.05, 0.1) is 0 Å². The van der Waals surface area contributed by atoms with Crippen LogP contribution in [0.4, 0.5) is 0 Å². The molecule has 6 nitrogen and oxygen atoms in total. The second-order valence-electron chi connectivity index (χ2n) is 17.5. The van der Waals surface area contributed by atoms with Gasteiger partial charge < -0.3 is 14.2 Å². The van der Waals surface area contributed by atoms with Crippen LogP contribution in [0.25, 0.3) is 0 Å². The van der Waals surface area contributed by atoms with E-state index in [1.807, 2.05) is 36.5 Å². The van der Waals surface area contributed by atoms with Gasteiger partial charge in [-0.2, -0.15) is 0 Å². The largest absolute Gasteiger partial charge is 0.462 e. The molecule has 0 aromatic heterocycles. The first-order valence-electron chi connectivity index (χ1n) is 27.4. The number of allylic oxidation sites excluding steroid dienone is 24. The Morgan fingerprint density at radius 1 is 0.319 bits per heavy atom. The molecule has 6 heteroatoms. The van der Waals surface area contributed by atoms with Crippen molar-refractivity contribution in [3.05, 3.63) is 146 Å². The monoisotopic (exact) mass is 951 g/mol. The Labute approximate surface area is 423 Å². The van der Waals surface area contributed by atoms with Gasteiger partial charge in [0.15, 0.2) is 6.10 Å². The van der Waals surface area contributed by atoms with Gasteiger partial charge in [-0.1, -0.05) is 231 Å². The minimum Gasteiger partial charge on any atom is -0.462 e. The van der Waals surface area contributed by atoms with E-state index in [-0.39, 0.29) is 37.5 Å². The van der Waals surface area contributed by atoms with Gasteiger partial charge in [0, 0.05) is 19.3 Å². The van der Waals surface area contributed by atoms with Crippen molar-refractivity contribution in [2.24, 2.45) is 0 Å². The smallest absolute Gasteiger partial charge is 0.306 e. The molecule has 0 rings (SSSR count). The van der Waals surface area contributed by atoms with Crippen molar-refractivity contribution in [3.8, 4) is 0 Å². The lowest BCUT2D eigenvalue weighted by atomic mass is 10.1. The van der Waals surface area contributed by atoms with Gasteiger partial charge >= 0.3 is 17.9 Å². The Morgan fingerprint density at radius 3 is 1.13 bits per heavy atom. The lowest BCUT2D eigenvalue weighted by Crippen LogP contribution is -2.30. The molecule has 0 aromatic rings. The summed E-state index contributed by atoms with van der Waals surface area (Å²) in [6.45, 7) is 6.32. The highest BCUT2D eigenvalue weighted by atomic mass is 16.6. The van der Waals surface area contributed by atoms with Crippen LogP contribution in [0.2, 0.25) is 0 Å². The molecule has 0 bridgehead atoms. The maximum Gasteiger partial charge on any atom is 0.306 e. The van der Waals surface area contributed by atoms with Crippen LogP contribution in [0.1, 0.15) is 213 Å². The predicted molar refractivity (Wildman–Crippen MR) is 297 cm³/mol. The van der Waals surface area contributed by atoms with E-state index < -0.39 is 6.10 Å². The van der Waals surface area contributed by atoms with Gasteiger partial charge in [0.2, 0.25) is 0 Å². The molecule has 0 radical (unpaired) electrons. The number of hydrogen-bond acceptors (Lipinski definition) is 6. The second-order valence-corrected chi connectivity index (χ2v) is 17.5. The van der Waals surface area contributed by atoms with E-state index in [1.54, 1.807) is 0 Å². The molecule has 0 aliphatic heterocycles. The summed E-state index contributed by atoms with van der Waals surface area (Å²) in [6, 6.07) is 0. The molecule has 1 atom stereocenters. The fraction of sp³-hybridized carbons (Fsp3) is 0.571. The van der Waals surface area contributed by atoms with Gasteiger partial charge in [-0.3, -0.25) is 14.4 Å². The van der Waals surface area contributed by atoms with Crippen molar-refractivity contribution in [1.82, 2.24) is 0 Å². The molecule has 0 aliphatic carbocycles. The first-order chi connectivity index (χ1) is 34.0. The highest BCUT2D eigenvalue weighted by Gasteiger charge is 2.19. The van der Waals surface area contributed by atoms with Crippen LogP contribution >= 0.6 is 0 Å². The number of ether oxygens (including phenoxy) is 3. The SMILES string of the molecule is CC/C=C\C/C=C\C/C=C\C/C=C\CCCCCC(=O)OCC(COC(=O)CCCCCCC\C=C/C=C\C=C/C=C\C=C/CCC)OC(=O)CCC/C=C\C/C=C\C/C=C\CCCCCCCC. The molecule has 0 N–H and O–H groups in total. The Morgan fingerprint density at radius 2 is 0.667 bits per heavy atom. The molecule has 0 saturated heterocycles. The minimum atomic E-state index is -0.836. The maximum atomic E-state index is 12.8. The topological polar surface area (TPSA) is 78.9 Å². The van der Waals surface area contributed by atoms with Crippen molar-refractivity contribution < 1.29 is 28.6 Å². The molecular formula is C63H98O6. The summed E-state index contributed by atoms with van der Waals surface area (Å²) in [7, 11) is 0. The van der Waals surface area contributed by atoms with Crippen molar-refractivity contribution in [2.75, 3.05) is 13.2 Å². The summed E-state index contributed by atoms with van der Waals surface area (Å²) in [5.74, 6) is -1.04. The maximum absolute atomic E-state index is 12.8. The average molecular weight is 951 g/mol. The summed E-state index contributed by atoms with van der Waals surface area (Å²) in [6.07, 6.45) is 79.7. The van der Waals surface area contributed by atoms with Gasteiger partial charge in [-0.25, -0.2) is 0 Å². The van der Waals surface area contributed by atoms with E-state index in [2.05, 4.69) is 130 Å². The van der Waals surface area contributed by atoms with Crippen LogP contribution in [0.3, 0.4) is 0 Å². The molecule has 0 heterocycles. The fourth-order valence-corrected chi connectivity index (χ4v) is 6.83. The number of rotatable bonds is 47. The molecule has 0 fully saturated rings. The molecule has 0 aliphatic rings. The van der Waals surface area contributed by atoms with Crippen LogP contribution in [0.15, 0.2) is 146 Å². The van der Waals surface area contributed by atoms with E-state index in [0.717, 1.165) is 116 Å². The van der Waals surface area contributed by atoms with Gasteiger partial charge in [0.1, 0.15) is 13.2 Å². The zero-order chi connectivity index (χ0) is 50.0. The summed E-state index contributed by atoms with van der Waals surface area (Å²) in [4.78, 5) is 38.1. The molecule has 0 spiro atoms.